The minimum Gasteiger partial charge on any atom is -0.496 e. The molecule has 1 unspecified atom stereocenters. The molecule has 21 heavy (non-hydrogen) atoms. The summed E-state index contributed by atoms with van der Waals surface area (Å²) in [4.78, 5) is 2.09. The second-order valence-corrected chi connectivity index (χ2v) is 5.53. The van der Waals surface area contributed by atoms with Gasteiger partial charge < -0.3 is 15.4 Å². The van der Waals surface area contributed by atoms with Crippen LogP contribution in [0.1, 0.15) is 17.3 Å². The van der Waals surface area contributed by atoms with Gasteiger partial charge in [-0.05, 0) is 20.2 Å². The average Bonchev–Trinajstić information content (AvgIpc) is 2.85. The van der Waals surface area contributed by atoms with Crippen molar-refractivity contribution in [3.63, 3.8) is 0 Å². The molecule has 0 aliphatic heterocycles. The standard InChI is InChI=1S/C15H21ClN4O/c1-19(2)8-9-20-15(12(16)10-18-20)14(17)11-6-4-5-7-13(11)21-3/h4-7,10,14H,8-9,17H2,1-3H3. The smallest absolute Gasteiger partial charge is 0.124 e. The van der Waals surface area contributed by atoms with Crippen molar-refractivity contribution in [1.29, 1.82) is 0 Å². The number of para-hydroxylation sites is 1. The van der Waals surface area contributed by atoms with Gasteiger partial charge in [-0.25, -0.2) is 0 Å². The molecule has 2 N–H and O–H groups in total. The summed E-state index contributed by atoms with van der Waals surface area (Å²) in [5.74, 6) is 0.751. The van der Waals surface area contributed by atoms with Gasteiger partial charge in [-0.1, -0.05) is 29.8 Å². The number of hydrogen-bond donors (Lipinski definition) is 1. The fourth-order valence-corrected chi connectivity index (χ4v) is 2.48. The van der Waals surface area contributed by atoms with Crippen LogP contribution in [0.3, 0.4) is 0 Å². The van der Waals surface area contributed by atoms with E-state index in [2.05, 4.69) is 10.00 Å². The number of nitrogens with two attached hydrogens (primary N) is 1. The summed E-state index contributed by atoms with van der Waals surface area (Å²) in [6, 6.07) is 7.32. The van der Waals surface area contributed by atoms with Gasteiger partial charge in [0.25, 0.3) is 0 Å². The molecule has 0 aliphatic carbocycles. The zero-order chi connectivity index (χ0) is 15.4. The largest absolute Gasteiger partial charge is 0.496 e. The van der Waals surface area contributed by atoms with E-state index in [4.69, 9.17) is 22.1 Å². The molecule has 0 spiro atoms. The number of aromatic nitrogens is 2. The Morgan fingerprint density at radius 3 is 2.76 bits per heavy atom. The van der Waals surface area contributed by atoms with Crippen LogP contribution in [0.15, 0.2) is 30.5 Å². The van der Waals surface area contributed by atoms with Crippen LogP contribution in [0.25, 0.3) is 0 Å². The van der Waals surface area contributed by atoms with Crippen molar-refractivity contribution in [1.82, 2.24) is 14.7 Å². The van der Waals surface area contributed by atoms with Gasteiger partial charge in [0.1, 0.15) is 5.75 Å². The minimum absolute atomic E-state index is 0.377. The first-order valence-corrected chi connectivity index (χ1v) is 7.16. The van der Waals surface area contributed by atoms with Crippen molar-refractivity contribution in [3.05, 3.63) is 46.7 Å². The predicted molar refractivity (Wildman–Crippen MR) is 84.8 cm³/mol. The van der Waals surface area contributed by atoms with Gasteiger partial charge in [-0.15, -0.1) is 0 Å². The Kier molecular flexibility index (Phi) is 5.22. The van der Waals surface area contributed by atoms with Gasteiger partial charge in [0.2, 0.25) is 0 Å². The number of likely N-dealkylation sites (N-methyl/N-ethyl adjacent to an activating group) is 1. The molecule has 0 amide bonds. The van der Waals surface area contributed by atoms with Crippen molar-refractivity contribution in [2.75, 3.05) is 27.7 Å². The summed E-state index contributed by atoms with van der Waals surface area (Å²) in [6.07, 6.45) is 1.64. The summed E-state index contributed by atoms with van der Waals surface area (Å²) in [5, 5.41) is 4.90. The molecule has 2 aromatic rings. The second-order valence-electron chi connectivity index (χ2n) is 5.12. The number of benzene rings is 1. The highest BCUT2D eigenvalue weighted by molar-refractivity contribution is 6.31. The van der Waals surface area contributed by atoms with Crippen molar-refractivity contribution in [2.45, 2.75) is 12.6 Å². The van der Waals surface area contributed by atoms with Gasteiger partial charge in [-0.3, -0.25) is 4.68 Å². The molecule has 0 fully saturated rings. The Morgan fingerprint density at radius 1 is 1.38 bits per heavy atom. The molecule has 0 aliphatic rings. The van der Waals surface area contributed by atoms with Crippen molar-refractivity contribution in [3.8, 4) is 5.75 Å². The van der Waals surface area contributed by atoms with E-state index >= 15 is 0 Å². The van der Waals surface area contributed by atoms with Crippen LogP contribution in [-0.2, 0) is 6.54 Å². The lowest BCUT2D eigenvalue weighted by Gasteiger charge is -2.19. The zero-order valence-corrected chi connectivity index (χ0v) is 13.3. The van der Waals surface area contributed by atoms with E-state index in [9.17, 15) is 0 Å². The van der Waals surface area contributed by atoms with Crippen molar-refractivity contribution < 1.29 is 4.74 Å². The summed E-state index contributed by atoms with van der Waals surface area (Å²) < 4.78 is 7.24. The molecule has 1 aromatic heterocycles. The molecule has 1 aromatic carbocycles. The van der Waals surface area contributed by atoms with Crippen LogP contribution in [0, 0.1) is 0 Å². The summed E-state index contributed by atoms with van der Waals surface area (Å²) >= 11 is 6.28. The number of ether oxygens (including phenoxy) is 1. The lowest BCUT2D eigenvalue weighted by atomic mass is 10.0. The molecular formula is C15H21ClN4O. The molecule has 6 heteroatoms. The van der Waals surface area contributed by atoms with Gasteiger partial charge in [0.15, 0.2) is 0 Å². The Labute approximate surface area is 130 Å². The van der Waals surface area contributed by atoms with E-state index in [-0.39, 0.29) is 6.04 Å². The third-order valence-corrected chi connectivity index (χ3v) is 3.65. The predicted octanol–water partition coefficient (Wildman–Crippen LogP) is 2.15. The van der Waals surface area contributed by atoms with Crippen LogP contribution >= 0.6 is 11.6 Å². The van der Waals surface area contributed by atoms with E-state index < -0.39 is 0 Å². The van der Waals surface area contributed by atoms with E-state index in [1.807, 2.05) is 43.0 Å². The maximum absolute atomic E-state index is 6.41. The number of hydrogen-bond acceptors (Lipinski definition) is 4. The lowest BCUT2D eigenvalue weighted by molar-refractivity contribution is 0.367. The number of methoxy groups -OCH3 is 1. The molecule has 5 nitrogen and oxygen atoms in total. The number of rotatable bonds is 6. The minimum atomic E-state index is -0.377. The average molecular weight is 309 g/mol. The van der Waals surface area contributed by atoms with Crippen molar-refractivity contribution >= 4 is 11.6 Å². The van der Waals surface area contributed by atoms with Gasteiger partial charge in [-0.2, -0.15) is 5.10 Å². The van der Waals surface area contributed by atoms with Crippen LogP contribution < -0.4 is 10.5 Å². The second kappa shape index (κ2) is 6.93. The fraction of sp³-hybridized carbons (Fsp3) is 0.400. The molecule has 0 bridgehead atoms. The van der Waals surface area contributed by atoms with Gasteiger partial charge in [0.05, 0.1) is 36.6 Å². The van der Waals surface area contributed by atoms with Gasteiger partial charge in [0, 0.05) is 12.1 Å². The topological polar surface area (TPSA) is 56.3 Å². The third-order valence-electron chi connectivity index (χ3n) is 3.36. The molecule has 1 heterocycles. The first-order valence-electron chi connectivity index (χ1n) is 6.79. The molecular weight excluding hydrogens is 288 g/mol. The Morgan fingerprint density at radius 2 is 2.10 bits per heavy atom. The maximum atomic E-state index is 6.41. The van der Waals surface area contributed by atoms with E-state index in [0.717, 1.165) is 30.1 Å². The SMILES string of the molecule is COc1ccccc1C(N)c1c(Cl)cnn1CCN(C)C. The molecule has 114 valence electrons. The zero-order valence-electron chi connectivity index (χ0n) is 12.6. The van der Waals surface area contributed by atoms with Crippen molar-refractivity contribution in [2.24, 2.45) is 5.73 Å². The van der Waals surface area contributed by atoms with E-state index in [1.165, 1.54) is 0 Å². The van der Waals surface area contributed by atoms with Crippen LogP contribution in [-0.4, -0.2) is 42.4 Å². The quantitative estimate of drug-likeness (QED) is 0.888. The molecule has 0 saturated carbocycles. The summed E-state index contributed by atoms with van der Waals surface area (Å²) in [7, 11) is 5.67. The Balaban J connectivity index is 2.34. The van der Waals surface area contributed by atoms with Crippen LogP contribution in [0.5, 0.6) is 5.75 Å². The van der Waals surface area contributed by atoms with E-state index in [1.54, 1.807) is 13.3 Å². The van der Waals surface area contributed by atoms with E-state index in [0.29, 0.717) is 5.02 Å². The Bertz CT molecular complexity index is 597. The summed E-state index contributed by atoms with van der Waals surface area (Å²) in [6.45, 7) is 1.60. The monoisotopic (exact) mass is 308 g/mol. The van der Waals surface area contributed by atoms with Crippen LogP contribution in [0.2, 0.25) is 5.02 Å². The first kappa shape index (κ1) is 15.8. The number of halogens is 1. The highest BCUT2D eigenvalue weighted by atomic mass is 35.5. The fourth-order valence-electron chi connectivity index (χ4n) is 2.22. The van der Waals surface area contributed by atoms with Gasteiger partial charge >= 0.3 is 0 Å². The highest BCUT2D eigenvalue weighted by Crippen LogP contribution is 2.31. The molecule has 1 atom stereocenters. The maximum Gasteiger partial charge on any atom is 0.124 e. The van der Waals surface area contributed by atoms with Crippen LogP contribution in [0.4, 0.5) is 0 Å². The molecule has 2 rings (SSSR count). The normalized spacial score (nSPS) is 12.7. The third kappa shape index (κ3) is 3.56. The first-order chi connectivity index (χ1) is 10.0. The summed E-state index contributed by atoms with van der Waals surface area (Å²) in [5.41, 5.74) is 8.11. The lowest BCUT2D eigenvalue weighted by Crippen LogP contribution is -2.23. The molecule has 0 saturated heterocycles. The number of nitrogens with zero attached hydrogens (tertiary/aromatic N) is 3. The Hall–Kier alpha value is -1.56. The highest BCUT2D eigenvalue weighted by Gasteiger charge is 2.21. The molecule has 0 radical (unpaired) electrons.